The van der Waals surface area contributed by atoms with Gasteiger partial charge < -0.3 is 4.90 Å². The molecule has 6 heteroatoms. The molecule has 0 bridgehead atoms. The molecule has 23 heavy (non-hydrogen) atoms. The third-order valence-corrected chi connectivity index (χ3v) is 6.36. The topological polar surface area (TPSA) is 57.7 Å². The Hall–Kier alpha value is -1.66. The minimum absolute atomic E-state index is 0.0151. The molecule has 2 fully saturated rings. The normalized spacial score (nSPS) is 18.5. The van der Waals surface area contributed by atoms with Crippen LogP contribution in [0, 0.1) is 0 Å². The van der Waals surface area contributed by atoms with E-state index in [0.717, 1.165) is 25.9 Å². The van der Waals surface area contributed by atoms with Crippen molar-refractivity contribution in [1.82, 2.24) is 9.21 Å². The number of sulfonamides is 1. The van der Waals surface area contributed by atoms with Crippen molar-refractivity contribution in [3.05, 3.63) is 41.0 Å². The van der Waals surface area contributed by atoms with Crippen LogP contribution >= 0.6 is 0 Å². The Kier molecular flexibility index (Phi) is 4.29. The highest BCUT2D eigenvalue weighted by atomic mass is 32.2. The standard InChI is InChI=1S/C17H22N2O3S/c1-18(2)23(21,22)16-7-5-15(6-8-16)17(20)19-11-9-14(10-12-19)13-3-4-13/h5-8H,3-4,9-12H2,1-2H3. The third-order valence-electron chi connectivity index (χ3n) is 4.53. The number of amides is 1. The molecular formula is C17H22N2O3S. The summed E-state index contributed by atoms with van der Waals surface area (Å²) in [5.74, 6) is -0.0151. The second kappa shape index (κ2) is 6.09. The molecule has 1 aliphatic heterocycles. The average Bonchev–Trinajstić information content (AvgIpc) is 3.39. The summed E-state index contributed by atoms with van der Waals surface area (Å²) in [6.45, 7) is 1.52. The summed E-state index contributed by atoms with van der Waals surface area (Å²) in [6, 6.07) is 6.22. The SMILES string of the molecule is CN(C)S(=O)(=O)c1ccc(C(=O)N2CCC(=C3CC3)CC2)cc1. The zero-order valence-corrected chi connectivity index (χ0v) is 14.4. The molecule has 2 aliphatic rings. The number of allylic oxidation sites excluding steroid dienone is 1. The van der Waals surface area contributed by atoms with Gasteiger partial charge in [-0.2, -0.15) is 0 Å². The van der Waals surface area contributed by atoms with Crippen LogP contribution in [0.25, 0.3) is 0 Å². The van der Waals surface area contributed by atoms with Gasteiger partial charge in [0.05, 0.1) is 4.90 Å². The molecule has 0 unspecified atom stereocenters. The number of likely N-dealkylation sites (tertiary alicyclic amines) is 1. The van der Waals surface area contributed by atoms with Gasteiger partial charge >= 0.3 is 0 Å². The first-order valence-corrected chi connectivity index (χ1v) is 9.35. The van der Waals surface area contributed by atoms with Gasteiger partial charge in [0.15, 0.2) is 0 Å². The van der Waals surface area contributed by atoms with E-state index in [9.17, 15) is 13.2 Å². The molecule has 0 N–H and O–H groups in total. The second-order valence-corrected chi connectivity index (χ2v) is 8.46. The first-order valence-electron chi connectivity index (χ1n) is 7.91. The Labute approximate surface area is 137 Å². The highest BCUT2D eigenvalue weighted by Gasteiger charge is 2.25. The molecule has 1 heterocycles. The Morgan fingerprint density at radius 2 is 1.48 bits per heavy atom. The van der Waals surface area contributed by atoms with E-state index in [1.54, 1.807) is 23.3 Å². The minimum atomic E-state index is -3.45. The van der Waals surface area contributed by atoms with Gasteiger partial charge in [0, 0.05) is 32.7 Å². The lowest BCUT2D eigenvalue weighted by Crippen LogP contribution is -2.36. The van der Waals surface area contributed by atoms with Crippen LogP contribution in [0.4, 0.5) is 0 Å². The van der Waals surface area contributed by atoms with Crippen molar-refractivity contribution in [2.45, 2.75) is 30.6 Å². The number of piperidine rings is 1. The molecule has 0 aromatic heterocycles. The van der Waals surface area contributed by atoms with Crippen molar-refractivity contribution in [2.75, 3.05) is 27.2 Å². The molecular weight excluding hydrogens is 312 g/mol. The zero-order valence-electron chi connectivity index (χ0n) is 13.6. The van der Waals surface area contributed by atoms with Gasteiger partial charge in [-0.25, -0.2) is 12.7 Å². The number of carbonyl (C=O) groups excluding carboxylic acids is 1. The molecule has 1 saturated carbocycles. The molecule has 1 amide bonds. The fourth-order valence-electron chi connectivity index (χ4n) is 2.91. The fraction of sp³-hybridized carbons (Fsp3) is 0.471. The molecule has 1 saturated heterocycles. The van der Waals surface area contributed by atoms with Gasteiger partial charge in [0.1, 0.15) is 0 Å². The molecule has 0 spiro atoms. The second-order valence-electron chi connectivity index (χ2n) is 6.31. The van der Waals surface area contributed by atoms with Crippen molar-refractivity contribution in [1.29, 1.82) is 0 Å². The van der Waals surface area contributed by atoms with Gasteiger partial charge in [-0.05, 0) is 49.9 Å². The first kappa shape index (κ1) is 16.2. The van der Waals surface area contributed by atoms with Crippen LogP contribution in [0.2, 0.25) is 0 Å². The summed E-state index contributed by atoms with van der Waals surface area (Å²) in [5, 5.41) is 0. The number of hydrogen-bond donors (Lipinski definition) is 0. The monoisotopic (exact) mass is 334 g/mol. The van der Waals surface area contributed by atoms with Crippen LogP contribution in [-0.4, -0.2) is 50.7 Å². The van der Waals surface area contributed by atoms with Crippen molar-refractivity contribution in [3.63, 3.8) is 0 Å². The van der Waals surface area contributed by atoms with Crippen LogP contribution < -0.4 is 0 Å². The molecule has 1 aromatic rings. The Bertz CT molecular complexity index is 733. The quantitative estimate of drug-likeness (QED) is 0.797. The smallest absolute Gasteiger partial charge is 0.253 e. The van der Waals surface area contributed by atoms with Crippen molar-refractivity contribution >= 4 is 15.9 Å². The van der Waals surface area contributed by atoms with E-state index in [1.165, 1.54) is 43.4 Å². The highest BCUT2D eigenvalue weighted by Crippen LogP contribution is 2.36. The maximum Gasteiger partial charge on any atom is 0.253 e. The molecule has 3 rings (SSSR count). The highest BCUT2D eigenvalue weighted by molar-refractivity contribution is 7.89. The summed E-state index contributed by atoms with van der Waals surface area (Å²) in [7, 11) is -0.463. The molecule has 1 aliphatic carbocycles. The predicted molar refractivity (Wildman–Crippen MR) is 88.7 cm³/mol. The van der Waals surface area contributed by atoms with E-state index >= 15 is 0 Å². The van der Waals surface area contributed by atoms with Gasteiger partial charge in [-0.15, -0.1) is 0 Å². The third kappa shape index (κ3) is 3.33. The van der Waals surface area contributed by atoms with Gasteiger partial charge in [-0.1, -0.05) is 11.1 Å². The molecule has 124 valence electrons. The molecule has 0 atom stereocenters. The summed E-state index contributed by atoms with van der Waals surface area (Å²) < 4.78 is 25.3. The van der Waals surface area contributed by atoms with Crippen LogP contribution in [0.15, 0.2) is 40.3 Å². The van der Waals surface area contributed by atoms with Crippen molar-refractivity contribution in [2.24, 2.45) is 0 Å². The fourth-order valence-corrected chi connectivity index (χ4v) is 3.81. The lowest BCUT2D eigenvalue weighted by atomic mass is 10.0. The predicted octanol–water partition coefficient (Wildman–Crippen LogP) is 2.26. The zero-order chi connectivity index (χ0) is 16.6. The number of carbonyl (C=O) groups is 1. The van der Waals surface area contributed by atoms with E-state index in [4.69, 9.17) is 0 Å². The lowest BCUT2D eigenvalue weighted by molar-refractivity contribution is 0.0743. The van der Waals surface area contributed by atoms with E-state index < -0.39 is 10.0 Å². The lowest BCUT2D eigenvalue weighted by Gasteiger charge is -2.28. The maximum atomic E-state index is 12.5. The molecule has 1 aromatic carbocycles. The van der Waals surface area contributed by atoms with Gasteiger partial charge in [-0.3, -0.25) is 4.79 Å². The Morgan fingerprint density at radius 3 is 1.96 bits per heavy atom. The Morgan fingerprint density at radius 1 is 0.957 bits per heavy atom. The van der Waals surface area contributed by atoms with Gasteiger partial charge in [0.2, 0.25) is 10.0 Å². The van der Waals surface area contributed by atoms with E-state index in [0.29, 0.717) is 5.56 Å². The van der Waals surface area contributed by atoms with E-state index in [-0.39, 0.29) is 10.8 Å². The van der Waals surface area contributed by atoms with Crippen LogP contribution in [0.3, 0.4) is 0 Å². The van der Waals surface area contributed by atoms with Gasteiger partial charge in [0.25, 0.3) is 5.91 Å². The summed E-state index contributed by atoms with van der Waals surface area (Å²) in [5.41, 5.74) is 3.68. The maximum absolute atomic E-state index is 12.5. The van der Waals surface area contributed by atoms with E-state index in [2.05, 4.69) is 0 Å². The first-order chi connectivity index (χ1) is 10.9. The van der Waals surface area contributed by atoms with Crippen LogP contribution in [-0.2, 0) is 10.0 Å². The van der Waals surface area contributed by atoms with Crippen molar-refractivity contribution in [3.8, 4) is 0 Å². The number of rotatable bonds is 3. The van der Waals surface area contributed by atoms with E-state index in [1.807, 2.05) is 4.90 Å². The van der Waals surface area contributed by atoms with Crippen molar-refractivity contribution < 1.29 is 13.2 Å². The average molecular weight is 334 g/mol. The van der Waals surface area contributed by atoms with Crippen LogP contribution in [0.5, 0.6) is 0 Å². The van der Waals surface area contributed by atoms with Crippen LogP contribution in [0.1, 0.15) is 36.0 Å². The molecule has 0 radical (unpaired) electrons. The minimum Gasteiger partial charge on any atom is -0.338 e. The number of hydrogen-bond acceptors (Lipinski definition) is 3. The summed E-state index contributed by atoms with van der Waals surface area (Å²) >= 11 is 0. The Balaban J connectivity index is 1.70. The molecule has 5 nitrogen and oxygen atoms in total. The summed E-state index contributed by atoms with van der Waals surface area (Å²) in [4.78, 5) is 14.6. The number of nitrogens with zero attached hydrogens (tertiary/aromatic N) is 2. The summed E-state index contributed by atoms with van der Waals surface area (Å²) in [6.07, 6.45) is 4.44. The largest absolute Gasteiger partial charge is 0.338 e. The number of benzene rings is 1.